The highest BCUT2D eigenvalue weighted by Gasteiger charge is 2.42. The van der Waals surface area contributed by atoms with Crippen LogP contribution in [0, 0.1) is 22.6 Å². The molecule has 1 aliphatic rings. The average molecular weight is 290 g/mol. The lowest BCUT2D eigenvalue weighted by Crippen LogP contribution is -2.37. The van der Waals surface area contributed by atoms with Crippen molar-refractivity contribution in [3.8, 4) is 6.07 Å². The molecule has 0 aliphatic heterocycles. The Morgan fingerprint density at radius 3 is 2.81 bits per heavy atom. The van der Waals surface area contributed by atoms with Crippen LogP contribution in [0.15, 0.2) is 18.2 Å². The number of benzene rings is 1. The van der Waals surface area contributed by atoms with Gasteiger partial charge < -0.3 is 10.1 Å². The van der Waals surface area contributed by atoms with Gasteiger partial charge in [-0.05, 0) is 31.9 Å². The van der Waals surface area contributed by atoms with Crippen LogP contribution in [0.4, 0.5) is 10.1 Å². The van der Waals surface area contributed by atoms with Gasteiger partial charge in [-0.1, -0.05) is 18.9 Å². The second kappa shape index (κ2) is 6.57. The molecule has 1 saturated carbocycles. The molecule has 0 saturated heterocycles. The lowest BCUT2D eigenvalue weighted by atomic mass is 9.86. The molecule has 4 nitrogen and oxygen atoms in total. The molecule has 21 heavy (non-hydrogen) atoms. The highest BCUT2D eigenvalue weighted by molar-refractivity contribution is 5.78. The maximum atomic E-state index is 13.6. The summed E-state index contributed by atoms with van der Waals surface area (Å²) in [5.41, 5.74) is -0.155. The zero-order chi connectivity index (χ0) is 15.3. The second-order valence-electron chi connectivity index (χ2n) is 5.34. The fraction of sp³-hybridized carbons (Fsp3) is 0.500. The molecular formula is C16H19FN2O2. The molecule has 0 aromatic heterocycles. The van der Waals surface area contributed by atoms with E-state index >= 15 is 0 Å². The molecule has 0 heterocycles. The number of nitrogens with one attached hydrogen (secondary N) is 1. The summed E-state index contributed by atoms with van der Waals surface area (Å²) in [5.74, 6) is -0.760. The van der Waals surface area contributed by atoms with E-state index in [0.29, 0.717) is 18.8 Å². The topological polar surface area (TPSA) is 62.1 Å². The van der Waals surface area contributed by atoms with Gasteiger partial charge in [-0.2, -0.15) is 5.26 Å². The molecule has 5 heteroatoms. The maximum absolute atomic E-state index is 13.6. The predicted molar refractivity (Wildman–Crippen MR) is 77.1 cm³/mol. The van der Waals surface area contributed by atoms with E-state index in [4.69, 9.17) is 10.00 Å². The van der Waals surface area contributed by atoms with Crippen LogP contribution >= 0.6 is 0 Å². The number of hydrogen-bond donors (Lipinski definition) is 1. The van der Waals surface area contributed by atoms with Gasteiger partial charge in [0.05, 0.1) is 17.7 Å². The number of nitrogens with zero attached hydrogens (tertiary/aromatic N) is 1. The minimum Gasteiger partial charge on any atom is -0.466 e. The van der Waals surface area contributed by atoms with Crippen molar-refractivity contribution < 1.29 is 13.9 Å². The molecule has 0 amide bonds. The van der Waals surface area contributed by atoms with Gasteiger partial charge in [-0.3, -0.25) is 4.79 Å². The molecule has 112 valence electrons. The number of esters is 1. The quantitative estimate of drug-likeness (QED) is 0.846. The summed E-state index contributed by atoms with van der Waals surface area (Å²) >= 11 is 0. The van der Waals surface area contributed by atoms with Crippen molar-refractivity contribution in [3.63, 3.8) is 0 Å². The van der Waals surface area contributed by atoms with Crippen LogP contribution < -0.4 is 5.32 Å². The summed E-state index contributed by atoms with van der Waals surface area (Å²) in [4.78, 5) is 12.2. The first kappa shape index (κ1) is 15.3. The third-order valence-corrected chi connectivity index (χ3v) is 4.01. The molecule has 1 aromatic rings. The lowest BCUT2D eigenvalue weighted by Gasteiger charge is -2.27. The normalized spacial score (nSPS) is 16.2. The molecule has 0 bridgehead atoms. The second-order valence-corrected chi connectivity index (χ2v) is 5.34. The number of rotatable bonds is 5. The number of nitriles is 1. The Balaban J connectivity index is 2.15. The van der Waals surface area contributed by atoms with Crippen LogP contribution in [0.25, 0.3) is 0 Å². The van der Waals surface area contributed by atoms with Crippen molar-refractivity contribution in [1.29, 1.82) is 5.26 Å². The van der Waals surface area contributed by atoms with Crippen LogP contribution in [0.2, 0.25) is 0 Å². The molecule has 0 atom stereocenters. The van der Waals surface area contributed by atoms with Gasteiger partial charge in [-0.25, -0.2) is 4.39 Å². The molecule has 0 radical (unpaired) electrons. The highest BCUT2D eigenvalue weighted by Crippen LogP contribution is 2.39. The van der Waals surface area contributed by atoms with Gasteiger partial charge in [0.15, 0.2) is 0 Å². The van der Waals surface area contributed by atoms with Gasteiger partial charge in [-0.15, -0.1) is 0 Å². The first-order chi connectivity index (χ1) is 10.1. The average Bonchev–Trinajstić information content (AvgIpc) is 2.95. The monoisotopic (exact) mass is 290 g/mol. The zero-order valence-electron chi connectivity index (χ0n) is 12.1. The van der Waals surface area contributed by atoms with E-state index in [-0.39, 0.29) is 11.5 Å². The van der Waals surface area contributed by atoms with E-state index in [2.05, 4.69) is 5.32 Å². The Morgan fingerprint density at radius 1 is 1.48 bits per heavy atom. The van der Waals surface area contributed by atoms with Crippen molar-refractivity contribution in [2.45, 2.75) is 32.6 Å². The number of hydrogen-bond acceptors (Lipinski definition) is 4. The third-order valence-electron chi connectivity index (χ3n) is 4.01. The van der Waals surface area contributed by atoms with Crippen LogP contribution in [-0.2, 0) is 9.53 Å². The summed E-state index contributed by atoms with van der Waals surface area (Å²) in [6.07, 6.45) is 3.48. The van der Waals surface area contributed by atoms with Crippen molar-refractivity contribution in [2.75, 3.05) is 18.5 Å². The fourth-order valence-corrected chi connectivity index (χ4v) is 2.84. The number of carbonyl (C=O) groups excluding carboxylic acids is 1. The number of carbonyl (C=O) groups is 1. The van der Waals surface area contributed by atoms with Crippen LogP contribution in [-0.4, -0.2) is 19.1 Å². The smallest absolute Gasteiger partial charge is 0.313 e. The summed E-state index contributed by atoms with van der Waals surface area (Å²) in [6.45, 7) is 2.50. The fourth-order valence-electron chi connectivity index (χ4n) is 2.84. The molecule has 1 N–H and O–H groups in total. The summed E-state index contributed by atoms with van der Waals surface area (Å²) < 4.78 is 18.8. The van der Waals surface area contributed by atoms with Crippen molar-refractivity contribution in [3.05, 3.63) is 29.6 Å². The van der Waals surface area contributed by atoms with Gasteiger partial charge in [0.2, 0.25) is 0 Å². The molecular weight excluding hydrogens is 271 g/mol. The molecule has 0 unspecified atom stereocenters. The SMILES string of the molecule is CCOC(=O)C1(CNc2cccc(F)c2C#N)CCCC1. The molecule has 2 rings (SSSR count). The standard InChI is InChI=1S/C16H19FN2O2/c1-2-21-15(20)16(8-3-4-9-16)11-19-14-7-5-6-13(17)12(14)10-18/h5-7,19H,2-4,8-9,11H2,1H3. The lowest BCUT2D eigenvalue weighted by molar-refractivity contribution is -0.154. The Morgan fingerprint density at radius 2 is 2.19 bits per heavy atom. The van der Waals surface area contributed by atoms with E-state index in [1.165, 1.54) is 6.07 Å². The Bertz CT molecular complexity index is 560. The zero-order valence-corrected chi connectivity index (χ0v) is 12.1. The first-order valence-electron chi connectivity index (χ1n) is 7.22. The highest BCUT2D eigenvalue weighted by atomic mass is 19.1. The number of ether oxygens (including phenoxy) is 1. The predicted octanol–water partition coefficient (Wildman–Crippen LogP) is 3.23. The molecule has 1 aromatic carbocycles. The van der Waals surface area contributed by atoms with E-state index in [9.17, 15) is 9.18 Å². The first-order valence-corrected chi connectivity index (χ1v) is 7.22. The van der Waals surface area contributed by atoms with Crippen LogP contribution in [0.1, 0.15) is 38.2 Å². The van der Waals surface area contributed by atoms with E-state index in [1.807, 2.05) is 6.07 Å². The molecule has 1 fully saturated rings. The Labute approximate surface area is 123 Å². The number of anilines is 1. The molecule has 1 aliphatic carbocycles. The van der Waals surface area contributed by atoms with E-state index in [0.717, 1.165) is 25.7 Å². The summed E-state index contributed by atoms with van der Waals surface area (Å²) in [5, 5.41) is 12.1. The minimum absolute atomic E-state index is 0.0190. The van der Waals surface area contributed by atoms with Gasteiger partial charge in [0.1, 0.15) is 17.4 Å². The maximum Gasteiger partial charge on any atom is 0.313 e. The summed E-state index contributed by atoms with van der Waals surface area (Å²) in [7, 11) is 0. The van der Waals surface area contributed by atoms with Gasteiger partial charge in [0.25, 0.3) is 0 Å². The largest absolute Gasteiger partial charge is 0.466 e. The Hall–Kier alpha value is -2.09. The van der Waals surface area contributed by atoms with Gasteiger partial charge >= 0.3 is 5.97 Å². The van der Waals surface area contributed by atoms with Crippen molar-refractivity contribution >= 4 is 11.7 Å². The van der Waals surface area contributed by atoms with E-state index < -0.39 is 11.2 Å². The Kier molecular flexibility index (Phi) is 4.79. The van der Waals surface area contributed by atoms with Crippen LogP contribution in [0.3, 0.4) is 0 Å². The van der Waals surface area contributed by atoms with Gasteiger partial charge in [0, 0.05) is 6.54 Å². The van der Waals surface area contributed by atoms with Crippen LogP contribution in [0.5, 0.6) is 0 Å². The van der Waals surface area contributed by atoms with Crippen molar-refractivity contribution in [2.24, 2.45) is 5.41 Å². The summed E-state index contributed by atoms with van der Waals surface area (Å²) in [6, 6.07) is 6.30. The number of halogens is 1. The minimum atomic E-state index is -0.560. The van der Waals surface area contributed by atoms with E-state index in [1.54, 1.807) is 19.1 Å². The third kappa shape index (κ3) is 3.15. The molecule has 0 spiro atoms. The van der Waals surface area contributed by atoms with Crippen molar-refractivity contribution in [1.82, 2.24) is 0 Å².